The van der Waals surface area contributed by atoms with Crippen LogP contribution in [0.15, 0.2) is 29.3 Å². The lowest BCUT2D eigenvalue weighted by atomic mass is 10.2. The van der Waals surface area contributed by atoms with Crippen LogP contribution in [0.3, 0.4) is 0 Å². The van der Waals surface area contributed by atoms with Gasteiger partial charge in [0, 0.05) is 19.6 Å². The normalized spacial score (nSPS) is 13.1. The Bertz CT molecular complexity index is 551. The summed E-state index contributed by atoms with van der Waals surface area (Å²) in [5.74, 6) is 1.17. The van der Waals surface area contributed by atoms with Gasteiger partial charge in [-0.05, 0) is 57.1 Å². The second-order valence-electron chi connectivity index (χ2n) is 6.49. The van der Waals surface area contributed by atoms with Gasteiger partial charge in [-0.1, -0.05) is 26.0 Å². The Kier molecular flexibility index (Phi) is 11.4. The van der Waals surface area contributed by atoms with Gasteiger partial charge < -0.3 is 20.3 Å². The zero-order valence-corrected chi connectivity index (χ0v) is 17.0. The van der Waals surface area contributed by atoms with Crippen LogP contribution < -0.4 is 15.4 Å². The van der Waals surface area contributed by atoms with Gasteiger partial charge in [0.05, 0.1) is 0 Å². The van der Waals surface area contributed by atoms with Crippen molar-refractivity contribution in [3.63, 3.8) is 0 Å². The van der Waals surface area contributed by atoms with E-state index in [9.17, 15) is 8.78 Å². The zero-order chi connectivity index (χ0) is 20.1. The van der Waals surface area contributed by atoms with Crippen molar-refractivity contribution >= 4 is 5.96 Å². The number of ether oxygens (including phenoxy) is 1. The third kappa shape index (κ3) is 10.1. The van der Waals surface area contributed by atoms with E-state index >= 15 is 0 Å². The number of nitrogens with one attached hydrogen (secondary N) is 2. The molecule has 5 nitrogen and oxygen atoms in total. The number of halogens is 2. The molecule has 0 fully saturated rings. The third-order valence-electron chi connectivity index (χ3n) is 4.35. The molecule has 2 N–H and O–H groups in total. The third-order valence-corrected chi connectivity index (χ3v) is 4.35. The van der Waals surface area contributed by atoms with Gasteiger partial charge >= 0.3 is 0 Å². The Hall–Kier alpha value is -1.89. The minimum atomic E-state index is -2.47. The monoisotopic (exact) mass is 384 g/mol. The lowest BCUT2D eigenvalue weighted by molar-refractivity contribution is 0.0818. The molecule has 1 atom stereocenters. The maximum Gasteiger partial charge on any atom is 0.272 e. The average molecular weight is 385 g/mol. The van der Waals surface area contributed by atoms with Gasteiger partial charge in [-0.15, -0.1) is 0 Å². The summed E-state index contributed by atoms with van der Waals surface area (Å²) in [6, 6.07) is 7.47. The molecule has 0 spiro atoms. The van der Waals surface area contributed by atoms with Crippen LogP contribution >= 0.6 is 0 Å². The molecule has 0 saturated carbocycles. The van der Waals surface area contributed by atoms with E-state index in [0.29, 0.717) is 18.3 Å². The van der Waals surface area contributed by atoms with E-state index in [0.717, 1.165) is 44.0 Å². The van der Waals surface area contributed by atoms with Crippen LogP contribution in [-0.2, 0) is 6.54 Å². The van der Waals surface area contributed by atoms with E-state index in [1.165, 1.54) is 0 Å². The molecule has 0 amide bonds. The van der Waals surface area contributed by atoms with E-state index in [1.54, 1.807) is 25.2 Å². The fourth-order valence-electron chi connectivity index (χ4n) is 2.75. The first-order chi connectivity index (χ1) is 13.0. The first kappa shape index (κ1) is 23.1. The smallest absolute Gasteiger partial charge is 0.272 e. The number of benzene rings is 1. The SMILES string of the molecule is CCN(CC)CCCC(C)NC(=NC)NCc1cccc(OCC(F)F)c1. The summed E-state index contributed by atoms with van der Waals surface area (Å²) in [6.07, 6.45) is -0.275. The van der Waals surface area contributed by atoms with Crippen molar-refractivity contribution < 1.29 is 13.5 Å². The summed E-state index contributed by atoms with van der Waals surface area (Å²) in [6.45, 7) is 9.74. The van der Waals surface area contributed by atoms with Crippen molar-refractivity contribution in [3.05, 3.63) is 29.8 Å². The first-order valence-electron chi connectivity index (χ1n) is 9.67. The van der Waals surface area contributed by atoms with Crippen LogP contribution in [0.2, 0.25) is 0 Å². The number of hydrogen-bond donors (Lipinski definition) is 2. The lowest BCUT2D eigenvalue weighted by Gasteiger charge is -2.21. The first-order valence-corrected chi connectivity index (χ1v) is 9.67. The summed E-state index contributed by atoms with van der Waals surface area (Å²) in [5.41, 5.74) is 0.943. The van der Waals surface area contributed by atoms with Gasteiger partial charge in [-0.2, -0.15) is 0 Å². The molecule has 0 saturated heterocycles. The molecule has 1 aromatic carbocycles. The van der Waals surface area contributed by atoms with Crippen LogP contribution in [0.4, 0.5) is 8.78 Å². The largest absolute Gasteiger partial charge is 0.488 e. The molecule has 0 aliphatic rings. The van der Waals surface area contributed by atoms with Crippen molar-refractivity contribution in [1.29, 1.82) is 0 Å². The minimum Gasteiger partial charge on any atom is -0.488 e. The van der Waals surface area contributed by atoms with Crippen LogP contribution in [0.25, 0.3) is 0 Å². The van der Waals surface area contributed by atoms with Crippen LogP contribution in [0.5, 0.6) is 5.75 Å². The van der Waals surface area contributed by atoms with E-state index in [-0.39, 0.29) is 0 Å². The highest BCUT2D eigenvalue weighted by Crippen LogP contribution is 2.14. The summed E-state index contributed by atoms with van der Waals surface area (Å²) in [7, 11) is 1.74. The van der Waals surface area contributed by atoms with E-state index in [4.69, 9.17) is 4.74 Å². The summed E-state index contributed by atoms with van der Waals surface area (Å²) in [5, 5.41) is 6.65. The standard InChI is InChI=1S/C20H34F2N4O/c1-5-26(6-2)12-8-9-16(3)25-20(23-4)24-14-17-10-7-11-18(13-17)27-15-19(21)22/h7,10-11,13,16,19H,5-6,8-9,12,14-15H2,1-4H3,(H2,23,24,25). The Morgan fingerprint density at radius 3 is 2.63 bits per heavy atom. The van der Waals surface area contributed by atoms with Gasteiger partial charge in [-0.3, -0.25) is 4.99 Å². The number of alkyl halides is 2. The highest BCUT2D eigenvalue weighted by Gasteiger charge is 2.08. The molecular formula is C20H34F2N4O. The number of hydrogen-bond acceptors (Lipinski definition) is 3. The average Bonchev–Trinajstić information content (AvgIpc) is 2.67. The Morgan fingerprint density at radius 2 is 2.00 bits per heavy atom. The molecule has 154 valence electrons. The predicted molar refractivity (Wildman–Crippen MR) is 108 cm³/mol. The van der Waals surface area contributed by atoms with E-state index in [2.05, 4.69) is 41.3 Å². The molecule has 27 heavy (non-hydrogen) atoms. The van der Waals surface area contributed by atoms with E-state index < -0.39 is 13.0 Å². The minimum absolute atomic E-state index is 0.312. The molecule has 0 aliphatic carbocycles. The molecule has 1 rings (SSSR count). The Labute approximate surface area is 162 Å². The van der Waals surface area contributed by atoms with Gasteiger partial charge in [0.15, 0.2) is 5.96 Å². The molecule has 1 unspecified atom stereocenters. The molecule has 0 bridgehead atoms. The number of nitrogens with zero attached hydrogens (tertiary/aromatic N) is 2. The Morgan fingerprint density at radius 1 is 1.26 bits per heavy atom. The quantitative estimate of drug-likeness (QED) is 0.428. The van der Waals surface area contributed by atoms with Crippen molar-refractivity contribution in [2.45, 2.75) is 52.6 Å². The Balaban J connectivity index is 2.40. The number of rotatable bonds is 12. The van der Waals surface area contributed by atoms with Crippen LogP contribution in [-0.4, -0.2) is 56.6 Å². The van der Waals surface area contributed by atoms with Gasteiger partial charge in [0.25, 0.3) is 6.43 Å². The second-order valence-corrected chi connectivity index (χ2v) is 6.49. The maximum atomic E-state index is 12.3. The molecule has 1 aromatic rings. The van der Waals surface area contributed by atoms with Gasteiger partial charge in [-0.25, -0.2) is 8.78 Å². The lowest BCUT2D eigenvalue weighted by Crippen LogP contribution is -2.42. The highest BCUT2D eigenvalue weighted by atomic mass is 19.3. The number of aliphatic imine (C=N–C) groups is 1. The fraction of sp³-hybridized carbons (Fsp3) is 0.650. The van der Waals surface area contributed by atoms with Crippen LogP contribution in [0.1, 0.15) is 39.2 Å². The molecule has 7 heteroatoms. The van der Waals surface area contributed by atoms with Crippen molar-refractivity contribution in [2.24, 2.45) is 4.99 Å². The van der Waals surface area contributed by atoms with Crippen molar-refractivity contribution in [2.75, 3.05) is 33.3 Å². The number of guanidine groups is 1. The van der Waals surface area contributed by atoms with Crippen molar-refractivity contribution in [1.82, 2.24) is 15.5 Å². The highest BCUT2D eigenvalue weighted by molar-refractivity contribution is 5.79. The van der Waals surface area contributed by atoms with Crippen molar-refractivity contribution in [3.8, 4) is 5.75 Å². The van der Waals surface area contributed by atoms with Gasteiger partial charge in [0.2, 0.25) is 0 Å². The summed E-state index contributed by atoms with van der Waals surface area (Å²) >= 11 is 0. The van der Waals surface area contributed by atoms with Gasteiger partial charge in [0.1, 0.15) is 12.4 Å². The molecule has 0 radical (unpaired) electrons. The molecule has 0 aliphatic heterocycles. The zero-order valence-electron chi connectivity index (χ0n) is 17.0. The molecular weight excluding hydrogens is 350 g/mol. The second kappa shape index (κ2) is 13.3. The van der Waals surface area contributed by atoms with E-state index in [1.807, 2.05) is 6.07 Å². The summed E-state index contributed by atoms with van der Waals surface area (Å²) < 4.78 is 29.6. The fourth-order valence-corrected chi connectivity index (χ4v) is 2.75. The topological polar surface area (TPSA) is 48.9 Å². The molecule has 0 heterocycles. The summed E-state index contributed by atoms with van der Waals surface area (Å²) in [4.78, 5) is 6.67. The predicted octanol–water partition coefficient (Wildman–Crippen LogP) is 3.51. The maximum absolute atomic E-state index is 12.3. The van der Waals surface area contributed by atoms with Crippen LogP contribution in [0, 0.1) is 0 Å². The molecule has 0 aromatic heterocycles.